The number of imidazole rings is 1. The van der Waals surface area contributed by atoms with Crippen LogP contribution in [0.15, 0.2) is 66.1 Å². The third-order valence-corrected chi connectivity index (χ3v) is 4.58. The Hall–Kier alpha value is -2.73. The number of carbonyl (C=O) groups is 1. The first-order chi connectivity index (χ1) is 11.7. The van der Waals surface area contributed by atoms with Crippen LogP contribution in [-0.2, 0) is 5.75 Å². The number of benzene rings is 2. The summed E-state index contributed by atoms with van der Waals surface area (Å²) < 4.78 is 7.29. The quantitative estimate of drug-likeness (QED) is 0.700. The minimum Gasteiger partial charge on any atom is -0.497 e. The molecule has 0 aliphatic heterocycles. The second kappa shape index (κ2) is 7.23. The van der Waals surface area contributed by atoms with Crippen molar-refractivity contribution in [2.75, 3.05) is 7.11 Å². The Labute approximate surface area is 144 Å². The van der Waals surface area contributed by atoms with E-state index in [1.165, 1.54) is 0 Å². The van der Waals surface area contributed by atoms with E-state index >= 15 is 0 Å². The fraction of sp³-hybridized carbons (Fsp3) is 0.111. The van der Waals surface area contributed by atoms with Crippen LogP contribution in [-0.4, -0.2) is 22.6 Å². The molecule has 0 atom stereocenters. The molecule has 0 fully saturated rings. The molecule has 2 aromatic carbocycles. The van der Waals surface area contributed by atoms with Gasteiger partial charge in [-0.3, -0.25) is 9.36 Å². The van der Waals surface area contributed by atoms with Gasteiger partial charge in [-0.05, 0) is 29.8 Å². The van der Waals surface area contributed by atoms with E-state index in [1.807, 2.05) is 47.2 Å². The third kappa shape index (κ3) is 3.60. The van der Waals surface area contributed by atoms with Gasteiger partial charge in [0.15, 0.2) is 5.16 Å². The average Bonchev–Trinajstić information content (AvgIpc) is 3.09. The van der Waals surface area contributed by atoms with Gasteiger partial charge in [-0.1, -0.05) is 30.0 Å². The van der Waals surface area contributed by atoms with E-state index in [0.717, 1.165) is 27.9 Å². The Morgan fingerprint density at radius 1 is 1.25 bits per heavy atom. The summed E-state index contributed by atoms with van der Waals surface area (Å²) in [6, 6.07) is 15.1. The first-order valence-electron chi connectivity index (χ1n) is 7.36. The summed E-state index contributed by atoms with van der Waals surface area (Å²) in [4.78, 5) is 15.5. The maximum Gasteiger partial charge on any atom is 0.248 e. The van der Waals surface area contributed by atoms with Crippen LogP contribution in [0.25, 0.3) is 5.69 Å². The van der Waals surface area contributed by atoms with Gasteiger partial charge in [0.2, 0.25) is 5.91 Å². The monoisotopic (exact) mass is 339 g/mol. The van der Waals surface area contributed by atoms with Gasteiger partial charge in [0.25, 0.3) is 0 Å². The van der Waals surface area contributed by atoms with E-state index in [-0.39, 0.29) is 0 Å². The Kier molecular flexibility index (Phi) is 4.86. The molecule has 1 amide bonds. The Morgan fingerprint density at radius 2 is 2.04 bits per heavy atom. The molecular weight excluding hydrogens is 322 g/mol. The first-order valence-corrected chi connectivity index (χ1v) is 8.35. The molecule has 0 spiro atoms. The lowest BCUT2D eigenvalue weighted by atomic mass is 10.1. The lowest BCUT2D eigenvalue weighted by Crippen LogP contribution is -2.10. The number of aromatic nitrogens is 2. The second-order valence-corrected chi connectivity index (χ2v) is 6.07. The smallest absolute Gasteiger partial charge is 0.248 e. The minimum absolute atomic E-state index is 0.414. The van der Waals surface area contributed by atoms with E-state index in [9.17, 15) is 4.79 Å². The van der Waals surface area contributed by atoms with Crippen LogP contribution in [0.3, 0.4) is 0 Å². The maximum atomic E-state index is 11.1. The third-order valence-electron chi connectivity index (χ3n) is 3.54. The van der Waals surface area contributed by atoms with Gasteiger partial charge in [-0.15, -0.1) is 0 Å². The van der Waals surface area contributed by atoms with Gasteiger partial charge >= 0.3 is 0 Å². The number of ether oxygens (including phenoxy) is 1. The van der Waals surface area contributed by atoms with E-state index in [0.29, 0.717) is 5.56 Å². The highest BCUT2D eigenvalue weighted by molar-refractivity contribution is 7.98. The minimum atomic E-state index is -0.414. The van der Waals surface area contributed by atoms with Gasteiger partial charge in [0, 0.05) is 29.8 Å². The molecule has 0 bridgehead atoms. The standard InChI is InChI=1S/C18H17N3O2S/c1-23-16-4-2-3-15(11-16)21-10-9-20-18(21)24-12-13-5-7-14(8-6-13)17(19)22/h2-11H,12H2,1H3,(H2,19,22). The molecule has 0 radical (unpaired) electrons. The summed E-state index contributed by atoms with van der Waals surface area (Å²) in [5, 5.41) is 0.891. The lowest BCUT2D eigenvalue weighted by molar-refractivity contribution is 0.100. The predicted molar refractivity (Wildman–Crippen MR) is 94.6 cm³/mol. The molecule has 5 nitrogen and oxygen atoms in total. The van der Waals surface area contributed by atoms with Crippen molar-refractivity contribution in [2.24, 2.45) is 5.73 Å². The molecule has 1 heterocycles. The van der Waals surface area contributed by atoms with Crippen LogP contribution in [0.4, 0.5) is 0 Å². The molecule has 0 aliphatic rings. The van der Waals surface area contributed by atoms with Crippen LogP contribution in [0.1, 0.15) is 15.9 Å². The first kappa shape index (κ1) is 16.1. The number of nitrogens with zero attached hydrogens (tertiary/aromatic N) is 2. The summed E-state index contributed by atoms with van der Waals surface area (Å²) in [6.45, 7) is 0. The number of methoxy groups -OCH3 is 1. The summed E-state index contributed by atoms with van der Waals surface area (Å²) in [7, 11) is 1.65. The van der Waals surface area contributed by atoms with Crippen molar-refractivity contribution < 1.29 is 9.53 Å². The van der Waals surface area contributed by atoms with Gasteiger partial charge < -0.3 is 10.5 Å². The number of primary amides is 1. The highest BCUT2D eigenvalue weighted by Gasteiger charge is 2.07. The van der Waals surface area contributed by atoms with Crippen molar-refractivity contribution in [3.8, 4) is 11.4 Å². The van der Waals surface area contributed by atoms with Crippen LogP contribution >= 0.6 is 11.8 Å². The summed E-state index contributed by atoms with van der Waals surface area (Å²) in [5.41, 5.74) is 7.87. The molecule has 1 aromatic heterocycles. The van der Waals surface area contributed by atoms with E-state index in [4.69, 9.17) is 10.5 Å². The number of hydrogen-bond donors (Lipinski definition) is 1. The normalized spacial score (nSPS) is 10.5. The van der Waals surface area contributed by atoms with Crippen LogP contribution in [0.5, 0.6) is 5.75 Å². The van der Waals surface area contributed by atoms with E-state index < -0.39 is 5.91 Å². The summed E-state index contributed by atoms with van der Waals surface area (Å²) in [6.07, 6.45) is 3.70. The van der Waals surface area contributed by atoms with Crippen LogP contribution in [0.2, 0.25) is 0 Å². The SMILES string of the molecule is COc1cccc(-n2ccnc2SCc2ccc(C(N)=O)cc2)c1. The van der Waals surface area contributed by atoms with Crippen LogP contribution in [0, 0.1) is 0 Å². The number of thioether (sulfide) groups is 1. The molecule has 0 unspecified atom stereocenters. The number of rotatable bonds is 6. The van der Waals surface area contributed by atoms with E-state index in [1.54, 1.807) is 37.2 Å². The molecule has 0 aliphatic carbocycles. The van der Waals surface area contributed by atoms with Gasteiger partial charge in [0.1, 0.15) is 5.75 Å². The van der Waals surface area contributed by atoms with Crippen molar-refractivity contribution in [1.29, 1.82) is 0 Å². The largest absolute Gasteiger partial charge is 0.497 e. The number of nitrogens with two attached hydrogens (primary N) is 1. The fourth-order valence-electron chi connectivity index (χ4n) is 2.27. The molecule has 6 heteroatoms. The zero-order chi connectivity index (χ0) is 16.9. The van der Waals surface area contributed by atoms with Gasteiger partial charge in [0.05, 0.1) is 12.8 Å². The predicted octanol–water partition coefficient (Wildman–Crippen LogP) is 3.27. The number of hydrogen-bond acceptors (Lipinski definition) is 4. The fourth-order valence-corrected chi connectivity index (χ4v) is 3.20. The number of carbonyl (C=O) groups excluding carboxylic acids is 1. The highest BCUT2D eigenvalue weighted by Crippen LogP contribution is 2.25. The zero-order valence-corrected chi connectivity index (χ0v) is 14.0. The van der Waals surface area contributed by atoms with Gasteiger partial charge in [-0.25, -0.2) is 4.98 Å². The van der Waals surface area contributed by atoms with E-state index in [2.05, 4.69) is 4.98 Å². The topological polar surface area (TPSA) is 70.1 Å². The average molecular weight is 339 g/mol. The van der Waals surface area contributed by atoms with Crippen LogP contribution < -0.4 is 10.5 Å². The maximum absolute atomic E-state index is 11.1. The Bertz CT molecular complexity index is 843. The molecule has 3 aromatic rings. The molecule has 122 valence electrons. The Morgan fingerprint density at radius 3 is 2.75 bits per heavy atom. The van der Waals surface area contributed by atoms with Crippen molar-refractivity contribution in [3.63, 3.8) is 0 Å². The van der Waals surface area contributed by atoms with Crippen molar-refractivity contribution in [2.45, 2.75) is 10.9 Å². The second-order valence-electron chi connectivity index (χ2n) is 5.13. The molecule has 0 saturated heterocycles. The highest BCUT2D eigenvalue weighted by atomic mass is 32.2. The number of amides is 1. The van der Waals surface area contributed by atoms with Crippen molar-refractivity contribution >= 4 is 17.7 Å². The van der Waals surface area contributed by atoms with Gasteiger partial charge in [-0.2, -0.15) is 0 Å². The molecular formula is C18H17N3O2S. The Balaban J connectivity index is 1.74. The van der Waals surface area contributed by atoms with Crippen molar-refractivity contribution in [1.82, 2.24) is 9.55 Å². The summed E-state index contributed by atoms with van der Waals surface area (Å²) in [5.74, 6) is 1.14. The molecule has 24 heavy (non-hydrogen) atoms. The molecule has 3 rings (SSSR count). The molecule has 2 N–H and O–H groups in total. The lowest BCUT2D eigenvalue weighted by Gasteiger charge is -2.09. The zero-order valence-electron chi connectivity index (χ0n) is 13.2. The van der Waals surface area contributed by atoms with Crippen molar-refractivity contribution in [3.05, 3.63) is 72.1 Å². The molecule has 0 saturated carbocycles. The summed E-state index contributed by atoms with van der Waals surface area (Å²) >= 11 is 1.62.